The van der Waals surface area contributed by atoms with Gasteiger partial charge in [0.2, 0.25) is 11.2 Å². The Morgan fingerprint density at radius 3 is 2.88 bits per heavy atom. The highest BCUT2D eigenvalue weighted by Crippen LogP contribution is 2.04. The Morgan fingerprint density at radius 2 is 2.19 bits per heavy atom. The van der Waals surface area contributed by atoms with Gasteiger partial charge in [0.15, 0.2) is 0 Å². The lowest BCUT2D eigenvalue weighted by Crippen LogP contribution is -2.07. The maximum Gasteiger partial charge on any atom is 0.303 e. The second kappa shape index (κ2) is 6.66. The fourth-order valence-electron chi connectivity index (χ4n) is 1.18. The van der Waals surface area contributed by atoms with E-state index in [1.165, 1.54) is 18.6 Å². The number of carboxylic acid groups (broad SMARTS) is 1. The summed E-state index contributed by atoms with van der Waals surface area (Å²) in [5.74, 6) is -0.592. The van der Waals surface area contributed by atoms with Gasteiger partial charge in [-0.05, 0) is 19.3 Å². The Kier molecular flexibility index (Phi) is 5.11. The highest BCUT2D eigenvalue weighted by molar-refractivity contribution is 5.66. The van der Waals surface area contributed by atoms with Gasteiger partial charge in [-0.15, -0.1) is 0 Å². The first-order chi connectivity index (χ1) is 7.70. The molecule has 1 rings (SSSR count). The maximum absolute atomic E-state index is 11.2. The van der Waals surface area contributed by atoms with E-state index in [1.807, 2.05) is 0 Å². The van der Waals surface area contributed by atoms with Gasteiger partial charge >= 0.3 is 5.97 Å². The molecule has 1 N–H and O–H groups in total. The molecule has 0 fully saturated rings. The summed E-state index contributed by atoms with van der Waals surface area (Å²) in [7, 11) is 0. The van der Waals surface area contributed by atoms with Crippen LogP contribution >= 0.6 is 0 Å². The molecule has 0 saturated heterocycles. The van der Waals surface area contributed by atoms with Crippen LogP contribution in [0.15, 0.2) is 27.8 Å². The first-order valence-corrected chi connectivity index (χ1v) is 5.11. The van der Waals surface area contributed by atoms with Crippen molar-refractivity contribution in [1.82, 2.24) is 0 Å². The van der Waals surface area contributed by atoms with E-state index in [2.05, 4.69) is 0 Å². The van der Waals surface area contributed by atoms with Crippen LogP contribution in [0.3, 0.4) is 0 Å². The molecule has 1 aromatic heterocycles. The van der Waals surface area contributed by atoms with Gasteiger partial charge in [0.25, 0.3) is 0 Å². The normalized spacial score (nSPS) is 10.0. The van der Waals surface area contributed by atoms with Crippen LogP contribution in [0.1, 0.15) is 25.7 Å². The van der Waals surface area contributed by atoms with E-state index in [4.69, 9.17) is 14.3 Å². The molecule has 0 aliphatic heterocycles. The molecule has 0 bridgehead atoms. The molecular weight excluding hydrogens is 212 g/mol. The third kappa shape index (κ3) is 4.63. The maximum atomic E-state index is 11.2. The Labute approximate surface area is 92.7 Å². The molecule has 0 aliphatic carbocycles. The predicted octanol–water partition coefficient (Wildman–Crippen LogP) is 1.66. The Balaban J connectivity index is 2.14. The van der Waals surface area contributed by atoms with Gasteiger partial charge in [-0.2, -0.15) is 0 Å². The summed E-state index contributed by atoms with van der Waals surface area (Å²) in [6, 6.07) is 1.29. The lowest BCUT2D eigenvalue weighted by Gasteiger charge is -2.03. The van der Waals surface area contributed by atoms with Crippen molar-refractivity contribution < 1.29 is 19.1 Å². The van der Waals surface area contributed by atoms with Crippen LogP contribution in [0.5, 0.6) is 5.75 Å². The van der Waals surface area contributed by atoms with Gasteiger partial charge in [-0.3, -0.25) is 9.59 Å². The van der Waals surface area contributed by atoms with Crippen LogP contribution in [0.2, 0.25) is 0 Å². The molecule has 0 unspecified atom stereocenters. The molecule has 1 heterocycles. The van der Waals surface area contributed by atoms with Crippen molar-refractivity contribution in [3.05, 3.63) is 28.8 Å². The number of aliphatic carboxylic acids is 1. The summed E-state index contributed by atoms with van der Waals surface area (Å²) < 4.78 is 9.99. The lowest BCUT2D eigenvalue weighted by atomic mass is 10.2. The minimum absolute atomic E-state index is 0.174. The minimum Gasteiger partial charge on any atom is -0.487 e. The van der Waals surface area contributed by atoms with Crippen molar-refractivity contribution in [2.75, 3.05) is 6.61 Å². The van der Waals surface area contributed by atoms with Crippen LogP contribution in [-0.2, 0) is 4.79 Å². The number of ether oxygens (including phenoxy) is 1. The second-order valence-electron chi connectivity index (χ2n) is 3.34. The molecule has 0 spiro atoms. The zero-order chi connectivity index (χ0) is 11.8. The average molecular weight is 226 g/mol. The van der Waals surface area contributed by atoms with E-state index >= 15 is 0 Å². The van der Waals surface area contributed by atoms with Gasteiger partial charge in [0, 0.05) is 12.5 Å². The van der Waals surface area contributed by atoms with E-state index in [-0.39, 0.29) is 17.6 Å². The summed E-state index contributed by atoms with van der Waals surface area (Å²) in [4.78, 5) is 21.4. The number of rotatable bonds is 7. The average Bonchev–Trinajstić information content (AvgIpc) is 2.25. The van der Waals surface area contributed by atoms with E-state index in [0.29, 0.717) is 13.0 Å². The van der Waals surface area contributed by atoms with Gasteiger partial charge in [0.1, 0.15) is 6.26 Å². The van der Waals surface area contributed by atoms with Crippen LogP contribution < -0.4 is 10.2 Å². The first-order valence-electron chi connectivity index (χ1n) is 5.11. The monoisotopic (exact) mass is 226 g/mol. The second-order valence-corrected chi connectivity index (χ2v) is 3.34. The van der Waals surface area contributed by atoms with Crippen LogP contribution in [0, 0.1) is 0 Å². The van der Waals surface area contributed by atoms with Crippen LogP contribution in [-0.4, -0.2) is 17.7 Å². The molecule has 88 valence electrons. The number of carbonyl (C=O) groups is 1. The molecule has 0 saturated carbocycles. The fourth-order valence-corrected chi connectivity index (χ4v) is 1.18. The Morgan fingerprint density at radius 1 is 1.38 bits per heavy atom. The number of unbranched alkanes of at least 4 members (excludes halogenated alkanes) is 2. The van der Waals surface area contributed by atoms with E-state index in [0.717, 1.165) is 12.8 Å². The molecule has 0 radical (unpaired) electrons. The summed E-state index contributed by atoms with van der Waals surface area (Å²) in [5.41, 5.74) is -0.211. The zero-order valence-corrected chi connectivity index (χ0v) is 8.85. The highest BCUT2D eigenvalue weighted by Gasteiger charge is 2.00. The minimum atomic E-state index is -0.787. The number of hydrogen-bond donors (Lipinski definition) is 1. The molecule has 1 aromatic rings. The van der Waals surface area contributed by atoms with Crippen molar-refractivity contribution in [2.24, 2.45) is 0 Å². The fraction of sp³-hybridized carbons (Fsp3) is 0.455. The van der Waals surface area contributed by atoms with Gasteiger partial charge in [-0.25, -0.2) is 0 Å². The molecule has 0 aromatic carbocycles. The largest absolute Gasteiger partial charge is 0.487 e. The molecule has 5 nitrogen and oxygen atoms in total. The zero-order valence-electron chi connectivity index (χ0n) is 8.85. The van der Waals surface area contributed by atoms with E-state index in [9.17, 15) is 9.59 Å². The van der Waals surface area contributed by atoms with Crippen molar-refractivity contribution in [3.63, 3.8) is 0 Å². The molecule has 5 heteroatoms. The van der Waals surface area contributed by atoms with E-state index in [1.54, 1.807) is 0 Å². The number of carboxylic acids is 1. The van der Waals surface area contributed by atoms with Gasteiger partial charge in [-0.1, -0.05) is 0 Å². The first kappa shape index (κ1) is 12.3. The van der Waals surface area contributed by atoms with Gasteiger partial charge in [0.05, 0.1) is 12.9 Å². The van der Waals surface area contributed by atoms with Crippen molar-refractivity contribution >= 4 is 5.97 Å². The van der Waals surface area contributed by atoms with Crippen LogP contribution in [0.4, 0.5) is 0 Å². The number of hydrogen-bond acceptors (Lipinski definition) is 4. The Bertz CT molecular complexity index is 382. The summed E-state index contributed by atoms with van der Waals surface area (Å²) in [6.07, 6.45) is 4.85. The summed E-state index contributed by atoms with van der Waals surface area (Å²) in [6.45, 7) is 0.397. The predicted molar refractivity (Wildman–Crippen MR) is 56.6 cm³/mol. The molecule has 0 amide bonds. The molecular formula is C11H14O5. The van der Waals surface area contributed by atoms with Crippen molar-refractivity contribution in [2.45, 2.75) is 25.7 Å². The third-order valence-electron chi connectivity index (χ3n) is 2.01. The standard InChI is InChI=1S/C11H14O5/c12-9-5-7-15-8-10(9)16-6-3-1-2-4-11(13)14/h5,7-8H,1-4,6H2,(H,13,14). The van der Waals surface area contributed by atoms with E-state index < -0.39 is 5.97 Å². The highest BCUT2D eigenvalue weighted by atomic mass is 16.5. The van der Waals surface area contributed by atoms with Crippen LogP contribution in [0.25, 0.3) is 0 Å². The summed E-state index contributed by atoms with van der Waals surface area (Å²) >= 11 is 0. The van der Waals surface area contributed by atoms with Crippen molar-refractivity contribution in [1.29, 1.82) is 0 Å². The van der Waals surface area contributed by atoms with Gasteiger partial charge < -0.3 is 14.3 Å². The van der Waals surface area contributed by atoms with Crippen molar-refractivity contribution in [3.8, 4) is 5.75 Å². The lowest BCUT2D eigenvalue weighted by molar-refractivity contribution is -0.137. The third-order valence-corrected chi connectivity index (χ3v) is 2.01. The smallest absolute Gasteiger partial charge is 0.303 e. The molecule has 0 atom stereocenters. The Hall–Kier alpha value is -1.78. The quantitative estimate of drug-likeness (QED) is 0.715. The topological polar surface area (TPSA) is 76.7 Å². The molecule has 16 heavy (non-hydrogen) atoms. The SMILES string of the molecule is O=C(O)CCCCCOc1coccc1=O. The molecule has 0 aliphatic rings. The summed E-state index contributed by atoms with van der Waals surface area (Å²) in [5, 5.41) is 8.40.